The first kappa shape index (κ1) is 15.7. The molecule has 0 aromatic heterocycles. The van der Waals surface area contributed by atoms with E-state index in [1.165, 1.54) is 0 Å². The van der Waals surface area contributed by atoms with Crippen molar-refractivity contribution in [3.63, 3.8) is 0 Å². The highest BCUT2D eigenvalue weighted by atomic mass is 16.6. The number of non-ortho nitro benzene ring substituents is 2. The van der Waals surface area contributed by atoms with Crippen LogP contribution in [0.15, 0.2) is 24.3 Å². The number of nitro benzene ring substituents is 3. The fourth-order valence-corrected chi connectivity index (χ4v) is 2.72. The number of hydrogen-bond donors (Lipinski definition) is 0. The highest BCUT2D eigenvalue weighted by molar-refractivity contribution is 6.24. The van der Waals surface area contributed by atoms with Gasteiger partial charge in [-0.1, -0.05) is 0 Å². The fourth-order valence-electron chi connectivity index (χ4n) is 2.72. The SMILES string of the molecule is N#Cc1cc([N+](=O)[O-])cc2c1-c1c(cc([N+](=O)[O-])cc1[N+](=O)[O-])C2=O. The summed E-state index contributed by atoms with van der Waals surface area (Å²) in [6, 6.07) is 5.01. The summed E-state index contributed by atoms with van der Waals surface area (Å²) in [7, 11) is 0. The van der Waals surface area contributed by atoms with Crippen molar-refractivity contribution in [3.8, 4) is 17.2 Å². The summed E-state index contributed by atoms with van der Waals surface area (Å²) in [6.45, 7) is 0. The first-order valence-corrected chi connectivity index (χ1v) is 6.50. The molecule has 0 N–H and O–H groups in total. The molecule has 3 rings (SSSR count). The number of benzene rings is 2. The summed E-state index contributed by atoms with van der Waals surface area (Å²) in [5.41, 5.74) is -3.21. The lowest BCUT2D eigenvalue weighted by molar-refractivity contribution is -0.393. The molecule has 2 aromatic rings. The number of ketones is 1. The van der Waals surface area contributed by atoms with Crippen LogP contribution in [0, 0.1) is 41.7 Å². The van der Waals surface area contributed by atoms with E-state index < -0.39 is 37.6 Å². The Bertz CT molecular complexity index is 1070. The van der Waals surface area contributed by atoms with Gasteiger partial charge in [0.05, 0.1) is 32.0 Å². The summed E-state index contributed by atoms with van der Waals surface area (Å²) in [5, 5.41) is 42.4. The predicted molar refractivity (Wildman–Crippen MR) is 80.0 cm³/mol. The molecule has 0 atom stereocenters. The molecule has 0 amide bonds. The van der Waals surface area contributed by atoms with Crippen LogP contribution in [0.3, 0.4) is 0 Å². The molecule has 0 saturated carbocycles. The van der Waals surface area contributed by atoms with Gasteiger partial charge in [0.15, 0.2) is 5.78 Å². The smallest absolute Gasteiger partial charge is 0.284 e. The quantitative estimate of drug-likeness (QED) is 0.516. The largest absolute Gasteiger partial charge is 0.289 e. The molecule has 122 valence electrons. The number of carbonyl (C=O) groups excluding carboxylic acids is 1. The Balaban J connectivity index is 2.46. The molecule has 0 bridgehead atoms. The van der Waals surface area contributed by atoms with E-state index in [0.29, 0.717) is 6.07 Å². The second-order valence-electron chi connectivity index (χ2n) is 5.02. The normalized spacial score (nSPS) is 11.4. The number of nitriles is 1. The topological polar surface area (TPSA) is 170 Å². The van der Waals surface area contributed by atoms with Gasteiger partial charge in [0.1, 0.15) is 6.07 Å². The third-order valence-corrected chi connectivity index (χ3v) is 3.70. The number of nitro groups is 3. The average molecular weight is 340 g/mol. The first-order chi connectivity index (χ1) is 11.8. The highest BCUT2D eigenvalue weighted by Crippen LogP contribution is 2.47. The zero-order valence-corrected chi connectivity index (χ0v) is 12.0. The van der Waals surface area contributed by atoms with Crippen LogP contribution in [0.2, 0.25) is 0 Å². The van der Waals surface area contributed by atoms with E-state index >= 15 is 0 Å². The number of carbonyl (C=O) groups is 1. The maximum Gasteiger partial charge on any atom is 0.284 e. The van der Waals surface area contributed by atoms with Crippen molar-refractivity contribution in [3.05, 3.63) is 71.3 Å². The van der Waals surface area contributed by atoms with Gasteiger partial charge in [0, 0.05) is 34.9 Å². The van der Waals surface area contributed by atoms with Crippen LogP contribution in [-0.2, 0) is 0 Å². The molecule has 2 aromatic carbocycles. The van der Waals surface area contributed by atoms with Gasteiger partial charge in [-0.05, 0) is 0 Å². The summed E-state index contributed by atoms with van der Waals surface area (Å²) in [4.78, 5) is 43.1. The third-order valence-electron chi connectivity index (χ3n) is 3.70. The van der Waals surface area contributed by atoms with Gasteiger partial charge in [-0.3, -0.25) is 35.1 Å². The Labute approximate surface area is 137 Å². The second kappa shape index (κ2) is 5.17. The highest BCUT2D eigenvalue weighted by Gasteiger charge is 2.39. The lowest BCUT2D eigenvalue weighted by Crippen LogP contribution is -2.00. The Morgan fingerprint density at radius 3 is 1.80 bits per heavy atom. The molecular weight excluding hydrogens is 336 g/mol. The second-order valence-corrected chi connectivity index (χ2v) is 5.02. The minimum atomic E-state index is -0.906. The fraction of sp³-hybridized carbons (Fsp3) is 0. The number of rotatable bonds is 3. The monoisotopic (exact) mass is 340 g/mol. The van der Waals surface area contributed by atoms with Crippen LogP contribution < -0.4 is 0 Å². The van der Waals surface area contributed by atoms with E-state index in [2.05, 4.69) is 0 Å². The molecule has 25 heavy (non-hydrogen) atoms. The van der Waals surface area contributed by atoms with Crippen molar-refractivity contribution in [1.82, 2.24) is 0 Å². The van der Waals surface area contributed by atoms with E-state index in [-0.39, 0.29) is 27.8 Å². The molecular formula is C14H4N4O7. The Hall–Kier alpha value is -4.20. The standard InChI is InChI=1S/C14H4N4O7/c15-5-6-1-7(16(20)21)2-9-12(6)13-10(14(9)19)3-8(17(22)23)4-11(13)18(24)25/h1-4H. The van der Waals surface area contributed by atoms with Crippen molar-refractivity contribution in [2.45, 2.75) is 0 Å². The Kier molecular flexibility index (Phi) is 3.24. The maximum atomic E-state index is 12.5. The van der Waals surface area contributed by atoms with Crippen molar-refractivity contribution in [2.75, 3.05) is 0 Å². The van der Waals surface area contributed by atoms with Gasteiger partial charge in [-0.2, -0.15) is 5.26 Å². The molecule has 11 heteroatoms. The average Bonchev–Trinajstić information content (AvgIpc) is 2.86. The van der Waals surface area contributed by atoms with Gasteiger partial charge in [-0.25, -0.2) is 0 Å². The predicted octanol–water partition coefficient (Wildman–Crippen LogP) is 2.49. The summed E-state index contributed by atoms with van der Waals surface area (Å²) < 4.78 is 0. The zero-order chi connectivity index (χ0) is 18.5. The minimum Gasteiger partial charge on any atom is -0.289 e. The van der Waals surface area contributed by atoms with Crippen LogP contribution in [0.1, 0.15) is 21.5 Å². The molecule has 11 nitrogen and oxygen atoms in total. The van der Waals surface area contributed by atoms with E-state index in [0.717, 1.165) is 18.2 Å². The van der Waals surface area contributed by atoms with Crippen LogP contribution in [0.25, 0.3) is 11.1 Å². The molecule has 0 radical (unpaired) electrons. The van der Waals surface area contributed by atoms with Crippen LogP contribution >= 0.6 is 0 Å². The molecule has 0 unspecified atom stereocenters. The first-order valence-electron chi connectivity index (χ1n) is 6.50. The summed E-state index contributed by atoms with van der Waals surface area (Å²) in [6.07, 6.45) is 0. The Morgan fingerprint density at radius 1 is 0.800 bits per heavy atom. The van der Waals surface area contributed by atoms with E-state index in [9.17, 15) is 40.4 Å². The lowest BCUT2D eigenvalue weighted by atomic mass is 9.98. The lowest BCUT2D eigenvalue weighted by Gasteiger charge is -2.04. The summed E-state index contributed by atoms with van der Waals surface area (Å²) in [5.74, 6) is -0.850. The van der Waals surface area contributed by atoms with Crippen molar-refractivity contribution in [2.24, 2.45) is 0 Å². The zero-order valence-electron chi connectivity index (χ0n) is 12.0. The number of fused-ring (bicyclic) bond motifs is 3. The number of nitrogens with zero attached hydrogens (tertiary/aromatic N) is 4. The van der Waals surface area contributed by atoms with Crippen molar-refractivity contribution in [1.29, 1.82) is 5.26 Å². The van der Waals surface area contributed by atoms with Gasteiger partial charge in [-0.15, -0.1) is 0 Å². The van der Waals surface area contributed by atoms with Gasteiger partial charge in [0.2, 0.25) is 0 Å². The number of hydrogen-bond acceptors (Lipinski definition) is 8. The van der Waals surface area contributed by atoms with Gasteiger partial charge < -0.3 is 0 Å². The molecule has 1 aliphatic carbocycles. The third kappa shape index (κ3) is 2.17. The molecule has 0 heterocycles. The van der Waals surface area contributed by atoms with Gasteiger partial charge >= 0.3 is 0 Å². The van der Waals surface area contributed by atoms with Crippen molar-refractivity contribution >= 4 is 22.8 Å². The Morgan fingerprint density at radius 2 is 1.32 bits per heavy atom. The molecule has 1 aliphatic rings. The summed E-state index contributed by atoms with van der Waals surface area (Å²) >= 11 is 0. The van der Waals surface area contributed by atoms with E-state index in [1.54, 1.807) is 6.07 Å². The minimum absolute atomic E-state index is 0.130. The van der Waals surface area contributed by atoms with E-state index in [1.807, 2.05) is 0 Å². The van der Waals surface area contributed by atoms with Crippen LogP contribution in [0.4, 0.5) is 17.1 Å². The molecule has 0 aliphatic heterocycles. The van der Waals surface area contributed by atoms with Crippen molar-refractivity contribution < 1.29 is 19.6 Å². The van der Waals surface area contributed by atoms with Gasteiger partial charge in [0.25, 0.3) is 17.1 Å². The molecule has 0 saturated heterocycles. The van der Waals surface area contributed by atoms with E-state index in [4.69, 9.17) is 0 Å². The van der Waals surface area contributed by atoms with Crippen LogP contribution in [0.5, 0.6) is 0 Å². The maximum absolute atomic E-state index is 12.5. The van der Waals surface area contributed by atoms with Crippen LogP contribution in [-0.4, -0.2) is 20.6 Å². The molecule has 0 spiro atoms. The molecule has 0 fully saturated rings.